The van der Waals surface area contributed by atoms with E-state index in [1.54, 1.807) is 14.0 Å². The predicted molar refractivity (Wildman–Crippen MR) is 80.2 cm³/mol. The van der Waals surface area contributed by atoms with E-state index in [1.807, 2.05) is 11.8 Å². The largest absolute Gasteiger partial charge is 0.496 e. The lowest BCUT2D eigenvalue weighted by Gasteiger charge is -2.37. The van der Waals surface area contributed by atoms with Gasteiger partial charge in [-0.2, -0.15) is 0 Å². The Morgan fingerprint density at radius 1 is 1.30 bits per heavy atom. The number of aryl methyl sites for hydroxylation is 1. The van der Waals surface area contributed by atoms with Crippen molar-refractivity contribution in [2.45, 2.75) is 19.9 Å². The Bertz CT molecular complexity index is 480. The molecule has 0 aliphatic carbocycles. The summed E-state index contributed by atoms with van der Waals surface area (Å²) in [6.45, 7) is 6.85. The minimum Gasteiger partial charge on any atom is -0.496 e. The van der Waals surface area contributed by atoms with E-state index in [0.717, 1.165) is 43.2 Å². The monoisotopic (exact) mass is 277 g/mol. The molecule has 1 aromatic rings. The van der Waals surface area contributed by atoms with Crippen LogP contribution in [-0.2, 0) is 4.79 Å². The minimum absolute atomic E-state index is 0.0335. The summed E-state index contributed by atoms with van der Waals surface area (Å²) in [6.07, 6.45) is 0. The van der Waals surface area contributed by atoms with Crippen molar-refractivity contribution in [3.8, 4) is 5.75 Å². The smallest absolute Gasteiger partial charge is 0.239 e. The highest BCUT2D eigenvalue weighted by atomic mass is 16.5. The lowest BCUT2D eigenvalue weighted by atomic mass is 10.1. The number of ether oxygens (including phenoxy) is 1. The standard InChI is InChI=1S/C15H23N3O2/c1-11-4-5-13(10-14(11)20-3)17-6-8-18(9-7-17)15(19)12(2)16/h4-5,10,12H,6-9,16H2,1-3H3. The molecule has 0 radical (unpaired) electrons. The molecule has 2 N–H and O–H groups in total. The molecular formula is C15H23N3O2. The molecule has 1 aliphatic heterocycles. The molecular weight excluding hydrogens is 254 g/mol. The number of carbonyl (C=O) groups is 1. The van der Waals surface area contributed by atoms with Crippen LogP contribution >= 0.6 is 0 Å². The van der Waals surface area contributed by atoms with E-state index in [9.17, 15) is 4.79 Å². The van der Waals surface area contributed by atoms with E-state index < -0.39 is 6.04 Å². The average Bonchev–Trinajstić information content (AvgIpc) is 2.47. The third kappa shape index (κ3) is 3.04. The SMILES string of the molecule is COc1cc(N2CCN(C(=O)C(C)N)CC2)ccc1C. The number of rotatable bonds is 3. The number of hydrogen-bond acceptors (Lipinski definition) is 4. The summed E-state index contributed by atoms with van der Waals surface area (Å²) in [4.78, 5) is 16.0. The van der Waals surface area contributed by atoms with Crippen molar-refractivity contribution >= 4 is 11.6 Å². The Morgan fingerprint density at radius 3 is 2.50 bits per heavy atom. The van der Waals surface area contributed by atoms with E-state index in [2.05, 4.69) is 23.1 Å². The molecule has 5 nitrogen and oxygen atoms in total. The molecule has 0 aromatic heterocycles. The van der Waals surface area contributed by atoms with Gasteiger partial charge in [0.2, 0.25) is 5.91 Å². The Labute approximate surface area is 120 Å². The van der Waals surface area contributed by atoms with E-state index in [4.69, 9.17) is 10.5 Å². The maximum absolute atomic E-state index is 11.8. The maximum atomic E-state index is 11.8. The van der Waals surface area contributed by atoms with Crippen LogP contribution in [0, 0.1) is 6.92 Å². The lowest BCUT2D eigenvalue weighted by Crippen LogP contribution is -2.52. The number of benzene rings is 1. The van der Waals surface area contributed by atoms with Gasteiger partial charge in [-0.3, -0.25) is 4.79 Å². The molecule has 0 spiro atoms. The Kier molecular flexibility index (Phi) is 4.49. The average molecular weight is 277 g/mol. The van der Waals surface area contributed by atoms with Crippen LogP contribution in [0.5, 0.6) is 5.75 Å². The van der Waals surface area contributed by atoms with Crippen molar-refractivity contribution in [2.75, 3.05) is 38.2 Å². The summed E-state index contributed by atoms with van der Waals surface area (Å²) in [6, 6.07) is 5.80. The molecule has 1 fully saturated rings. The van der Waals surface area contributed by atoms with E-state index in [1.165, 1.54) is 0 Å². The molecule has 1 unspecified atom stereocenters. The predicted octanol–water partition coefficient (Wildman–Crippen LogP) is 0.999. The third-order valence-electron chi connectivity index (χ3n) is 3.74. The number of piperazine rings is 1. The normalized spacial score (nSPS) is 17.0. The number of hydrogen-bond donors (Lipinski definition) is 1. The van der Waals surface area contributed by atoms with Gasteiger partial charge in [-0.15, -0.1) is 0 Å². The summed E-state index contributed by atoms with van der Waals surface area (Å²) in [5.74, 6) is 0.933. The number of nitrogens with two attached hydrogens (primary N) is 1. The van der Waals surface area contributed by atoms with Crippen LogP contribution in [0.1, 0.15) is 12.5 Å². The second-order valence-corrected chi connectivity index (χ2v) is 5.25. The Morgan fingerprint density at radius 2 is 1.95 bits per heavy atom. The summed E-state index contributed by atoms with van der Waals surface area (Å²) >= 11 is 0. The number of carbonyl (C=O) groups excluding carboxylic acids is 1. The summed E-state index contributed by atoms with van der Waals surface area (Å²) < 4.78 is 5.36. The number of methoxy groups -OCH3 is 1. The van der Waals surface area contributed by atoms with E-state index in [-0.39, 0.29) is 5.91 Å². The van der Waals surface area contributed by atoms with Crippen molar-refractivity contribution in [2.24, 2.45) is 5.73 Å². The van der Waals surface area contributed by atoms with Crippen LogP contribution in [0.2, 0.25) is 0 Å². The third-order valence-corrected chi connectivity index (χ3v) is 3.74. The molecule has 0 saturated carbocycles. The van der Waals surface area contributed by atoms with Gasteiger partial charge in [0, 0.05) is 37.9 Å². The van der Waals surface area contributed by atoms with Crippen LogP contribution in [0.3, 0.4) is 0 Å². The number of anilines is 1. The van der Waals surface area contributed by atoms with Gasteiger partial charge in [0.05, 0.1) is 13.2 Å². The van der Waals surface area contributed by atoms with Crippen LogP contribution in [0.4, 0.5) is 5.69 Å². The van der Waals surface area contributed by atoms with E-state index in [0.29, 0.717) is 0 Å². The van der Waals surface area contributed by atoms with Crippen LogP contribution in [-0.4, -0.2) is 50.1 Å². The molecule has 1 heterocycles. The highest BCUT2D eigenvalue weighted by Gasteiger charge is 2.23. The van der Waals surface area contributed by atoms with Gasteiger partial charge in [-0.1, -0.05) is 6.07 Å². The highest BCUT2D eigenvalue weighted by molar-refractivity contribution is 5.81. The molecule has 1 aromatic carbocycles. The zero-order valence-corrected chi connectivity index (χ0v) is 12.4. The maximum Gasteiger partial charge on any atom is 0.239 e. The zero-order valence-electron chi connectivity index (χ0n) is 12.4. The molecule has 1 amide bonds. The topological polar surface area (TPSA) is 58.8 Å². The fraction of sp³-hybridized carbons (Fsp3) is 0.533. The fourth-order valence-corrected chi connectivity index (χ4v) is 2.48. The summed E-state index contributed by atoms with van der Waals surface area (Å²) in [5.41, 5.74) is 7.91. The number of nitrogens with zero attached hydrogens (tertiary/aromatic N) is 2. The second kappa shape index (κ2) is 6.13. The minimum atomic E-state index is -0.416. The van der Waals surface area contributed by atoms with Crippen LogP contribution in [0.15, 0.2) is 18.2 Å². The molecule has 5 heteroatoms. The van der Waals surface area contributed by atoms with Gasteiger partial charge in [-0.25, -0.2) is 0 Å². The summed E-state index contributed by atoms with van der Waals surface area (Å²) in [7, 11) is 1.69. The fourth-order valence-electron chi connectivity index (χ4n) is 2.48. The molecule has 110 valence electrons. The van der Waals surface area contributed by atoms with Gasteiger partial charge in [0.15, 0.2) is 0 Å². The van der Waals surface area contributed by atoms with Crippen LogP contribution in [0.25, 0.3) is 0 Å². The van der Waals surface area contributed by atoms with E-state index >= 15 is 0 Å². The summed E-state index contributed by atoms with van der Waals surface area (Å²) in [5, 5.41) is 0. The first-order valence-electron chi connectivity index (χ1n) is 6.97. The molecule has 0 bridgehead atoms. The number of amides is 1. The molecule has 1 aliphatic rings. The second-order valence-electron chi connectivity index (χ2n) is 5.25. The van der Waals surface area contributed by atoms with Gasteiger partial charge in [0.25, 0.3) is 0 Å². The first-order valence-corrected chi connectivity index (χ1v) is 6.97. The van der Waals surface area contributed by atoms with Crippen LogP contribution < -0.4 is 15.4 Å². The van der Waals surface area contributed by atoms with Crippen molar-refractivity contribution in [3.05, 3.63) is 23.8 Å². The zero-order chi connectivity index (χ0) is 14.7. The molecule has 1 saturated heterocycles. The lowest BCUT2D eigenvalue weighted by molar-refractivity contribution is -0.132. The van der Waals surface area contributed by atoms with Gasteiger partial charge >= 0.3 is 0 Å². The van der Waals surface area contributed by atoms with Gasteiger partial charge in [0.1, 0.15) is 5.75 Å². The van der Waals surface area contributed by atoms with Crippen molar-refractivity contribution in [1.29, 1.82) is 0 Å². The van der Waals surface area contributed by atoms with Crippen molar-refractivity contribution < 1.29 is 9.53 Å². The molecule has 20 heavy (non-hydrogen) atoms. The van der Waals surface area contributed by atoms with Crippen molar-refractivity contribution in [1.82, 2.24) is 4.90 Å². The molecule has 2 rings (SSSR count). The molecule has 1 atom stereocenters. The Balaban J connectivity index is 2.02. The first kappa shape index (κ1) is 14.7. The quantitative estimate of drug-likeness (QED) is 0.895. The van der Waals surface area contributed by atoms with Gasteiger partial charge in [-0.05, 0) is 25.5 Å². The Hall–Kier alpha value is -1.75. The van der Waals surface area contributed by atoms with Gasteiger partial charge < -0.3 is 20.3 Å². The first-order chi connectivity index (χ1) is 9.52. The highest BCUT2D eigenvalue weighted by Crippen LogP contribution is 2.25. The van der Waals surface area contributed by atoms with Crippen molar-refractivity contribution in [3.63, 3.8) is 0 Å².